The van der Waals surface area contributed by atoms with Crippen LogP contribution in [0.15, 0.2) is 29.3 Å². The molecule has 1 aromatic heterocycles. The van der Waals surface area contributed by atoms with Crippen LogP contribution in [0.4, 0.5) is 0 Å². The number of nitrogens with one attached hydrogen (secondary N) is 2. The predicted octanol–water partition coefficient (Wildman–Crippen LogP) is 3.95. The maximum Gasteiger partial charge on any atom is 0.191 e. The maximum atomic E-state index is 5.81. The Bertz CT molecular complexity index is 770. The molecule has 6 nitrogen and oxygen atoms in total. The van der Waals surface area contributed by atoms with E-state index >= 15 is 0 Å². The lowest BCUT2D eigenvalue weighted by molar-refractivity contribution is 0.271. The summed E-state index contributed by atoms with van der Waals surface area (Å²) in [6.45, 7) is 13.3. The molecule has 1 heterocycles. The number of rotatable bonds is 8. The van der Waals surface area contributed by atoms with Gasteiger partial charge in [-0.15, -0.1) is 24.0 Å². The molecule has 0 unspecified atom stereocenters. The van der Waals surface area contributed by atoms with Crippen molar-refractivity contribution in [2.45, 2.75) is 47.7 Å². The summed E-state index contributed by atoms with van der Waals surface area (Å²) >= 11 is 0. The second-order valence-corrected chi connectivity index (χ2v) is 7.17. The summed E-state index contributed by atoms with van der Waals surface area (Å²) in [6, 6.07) is 8.14. The van der Waals surface area contributed by atoms with E-state index in [0.717, 1.165) is 36.1 Å². The van der Waals surface area contributed by atoms with Crippen molar-refractivity contribution in [1.82, 2.24) is 20.4 Å². The van der Waals surface area contributed by atoms with Gasteiger partial charge in [-0.3, -0.25) is 4.68 Å². The molecule has 2 N–H and O–H groups in total. The molecule has 7 heteroatoms. The first kappa shape index (κ1) is 24.3. The average molecular weight is 499 g/mol. The molecule has 0 aliphatic carbocycles. The predicted molar refractivity (Wildman–Crippen MR) is 127 cm³/mol. The molecule has 1 aromatic carbocycles. The van der Waals surface area contributed by atoms with Crippen molar-refractivity contribution in [3.63, 3.8) is 0 Å². The molecular weight excluding hydrogens is 465 g/mol. The van der Waals surface area contributed by atoms with Gasteiger partial charge in [0.25, 0.3) is 0 Å². The molecular formula is C21H34IN5O. The number of aromatic nitrogens is 2. The van der Waals surface area contributed by atoms with Crippen LogP contribution in [0.1, 0.15) is 43.3 Å². The minimum atomic E-state index is 0. The van der Waals surface area contributed by atoms with E-state index in [0.29, 0.717) is 19.0 Å². The lowest BCUT2D eigenvalue weighted by Crippen LogP contribution is -2.37. The Labute approximate surface area is 186 Å². The maximum absolute atomic E-state index is 5.81. The van der Waals surface area contributed by atoms with Gasteiger partial charge in [-0.1, -0.05) is 26.0 Å². The van der Waals surface area contributed by atoms with E-state index in [1.165, 1.54) is 11.3 Å². The summed E-state index contributed by atoms with van der Waals surface area (Å²) in [7, 11) is 1.97. The van der Waals surface area contributed by atoms with Crippen LogP contribution in [0.5, 0.6) is 5.75 Å². The molecule has 0 amide bonds. The number of guanidine groups is 1. The molecule has 0 aliphatic rings. The van der Waals surface area contributed by atoms with Crippen molar-refractivity contribution >= 4 is 29.9 Å². The van der Waals surface area contributed by atoms with E-state index in [-0.39, 0.29) is 24.0 Å². The second-order valence-electron chi connectivity index (χ2n) is 7.17. The Morgan fingerprint density at radius 1 is 1.25 bits per heavy atom. The molecule has 0 radical (unpaired) electrons. The van der Waals surface area contributed by atoms with Crippen molar-refractivity contribution in [2.75, 3.05) is 13.2 Å². The first-order chi connectivity index (χ1) is 12.9. The topological polar surface area (TPSA) is 63.5 Å². The number of hydrogen-bond donors (Lipinski definition) is 2. The number of ether oxygens (including phenoxy) is 1. The van der Waals surface area contributed by atoms with Crippen molar-refractivity contribution in [3.05, 3.63) is 46.8 Å². The van der Waals surface area contributed by atoms with Crippen LogP contribution in [-0.2, 0) is 20.1 Å². The molecule has 0 saturated heterocycles. The second kappa shape index (κ2) is 11.9. The van der Waals surface area contributed by atoms with E-state index in [1.54, 1.807) is 0 Å². The largest absolute Gasteiger partial charge is 0.493 e. The summed E-state index contributed by atoms with van der Waals surface area (Å²) in [6.07, 6.45) is 0. The van der Waals surface area contributed by atoms with Gasteiger partial charge in [0.05, 0.1) is 18.8 Å². The van der Waals surface area contributed by atoms with Crippen LogP contribution in [0, 0.1) is 19.8 Å². The van der Waals surface area contributed by atoms with Crippen LogP contribution in [0.2, 0.25) is 0 Å². The van der Waals surface area contributed by atoms with Gasteiger partial charge in [0.1, 0.15) is 5.75 Å². The summed E-state index contributed by atoms with van der Waals surface area (Å²) in [5, 5.41) is 11.2. The normalized spacial score (nSPS) is 11.3. The Hall–Kier alpha value is -1.77. The van der Waals surface area contributed by atoms with Gasteiger partial charge in [-0.2, -0.15) is 5.10 Å². The Balaban J connectivity index is 0.00000392. The molecule has 156 valence electrons. The van der Waals surface area contributed by atoms with Gasteiger partial charge in [0.15, 0.2) is 5.96 Å². The molecule has 0 saturated carbocycles. The number of aliphatic imine (C=N–C) groups is 1. The zero-order valence-corrected chi connectivity index (χ0v) is 20.2. The third-order valence-corrected chi connectivity index (χ3v) is 4.34. The summed E-state index contributed by atoms with van der Waals surface area (Å²) < 4.78 is 7.72. The van der Waals surface area contributed by atoms with Gasteiger partial charge in [-0.25, -0.2) is 4.99 Å². The monoisotopic (exact) mass is 499 g/mol. The Morgan fingerprint density at radius 2 is 2.00 bits per heavy atom. The fourth-order valence-electron chi connectivity index (χ4n) is 2.75. The van der Waals surface area contributed by atoms with Gasteiger partial charge in [0.2, 0.25) is 0 Å². The van der Waals surface area contributed by atoms with E-state index in [4.69, 9.17) is 9.73 Å². The molecule has 0 fully saturated rings. The number of benzene rings is 1. The van der Waals surface area contributed by atoms with Gasteiger partial charge < -0.3 is 15.4 Å². The van der Waals surface area contributed by atoms with E-state index in [1.807, 2.05) is 30.8 Å². The van der Waals surface area contributed by atoms with Crippen LogP contribution < -0.4 is 15.4 Å². The highest BCUT2D eigenvalue weighted by Gasteiger charge is 2.09. The van der Waals surface area contributed by atoms with Crippen LogP contribution in [0.3, 0.4) is 0 Å². The van der Waals surface area contributed by atoms with E-state index < -0.39 is 0 Å². The minimum absolute atomic E-state index is 0. The molecule has 0 aliphatic heterocycles. The zero-order valence-electron chi connectivity index (χ0n) is 17.9. The third kappa shape index (κ3) is 7.33. The van der Waals surface area contributed by atoms with Crippen LogP contribution >= 0.6 is 24.0 Å². The van der Waals surface area contributed by atoms with Gasteiger partial charge in [-0.05, 0) is 44.4 Å². The number of nitrogens with zero attached hydrogens (tertiary/aromatic N) is 3. The molecule has 2 rings (SSSR count). The highest BCUT2D eigenvalue weighted by Crippen LogP contribution is 2.15. The van der Waals surface area contributed by atoms with Crippen molar-refractivity contribution in [2.24, 2.45) is 18.0 Å². The number of halogens is 1. The SMILES string of the molecule is CCNC(=NCc1cccc(OCC(C)C)c1)NCc1c(C)nn(C)c1C.I. The first-order valence-corrected chi connectivity index (χ1v) is 9.63. The average Bonchev–Trinajstić information content (AvgIpc) is 2.88. The van der Waals surface area contributed by atoms with E-state index in [2.05, 4.69) is 55.6 Å². The smallest absolute Gasteiger partial charge is 0.191 e. The third-order valence-electron chi connectivity index (χ3n) is 4.34. The fourth-order valence-corrected chi connectivity index (χ4v) is 2.75. The van der Waals surface area contributed by atoms with Gasteiger partial charge in [0, 0.05) is 31.4 Å². The lowest BCUT2D eigenvalue weighted by atomic mass is 10.2. The summed E-state index contributed by atoms with van der Waals surface area (Å²) in [5.74, 6) is 2.21. The lowest BCUT2D eigenvalue weighted by Gasteiger charge is -2.12. The molecule has 0 bridgehead atoms. The molecule has 2 aromatic rings. The molecule has 0 atom stereocenters. The fraction of sp³-hybridized carbons (Fsp3) is 0.524. The van der Waals surface area contributed by atoms with Crippen LogP contribution in [-0.4, -0.2) is 28.9 Å². The summed E-state index contributed by atoms with van der Waals surface area (Å²) in [4.78, 5) is 4.71. The molecule has 0 spiro atoms. The Kier molecular flexibility index (Phi) is 10.3. The van der Waals surface area contributed by atoms with Crippen LogP contribution in [0.25, 0.3) is 0 Å². The minimum Gasteiger partial charge on any atom is -0.493 e. The number of hydrogen-bond acceptors (Lipinski definition) is 3. The first-order valence-electron chi connectivity index (χ1n) is 9.63. The Morgan fingerprint density at radius 3 is 2.61 bits per heavy atom. The molecule has 28 heavy (non-hydrogen) atoms. The van der Waals surface area contributed by atoms with Gasteiger partial charge >= 0.3 is 0 Å². The quantitative estimate of drug-likeness (QED) is 0.328. The van der Waals surface area contributed by atoms with Crippen molar-refractivity contribution < 1.29 is 4.74 Å². The summed E-state index contributed by atoms with van der Waals surface area (Å²) in [5.41, 5.74) is 4.56. The van der Waals surface area contributed by atoms with E-state index in [9.17, 15) is 0 Å². The zero-order chi connectivity index (χ0) is 19.8. The standard InChI is InChI=1S/C21H33N5O.HI/c1-7-22-21(24-13-20-16(4)25-26(6)17(20)5)23-12-18-9-8-10-19(11-18)27-14-15(2)3;/h8-11,15H,7,12-14H2,1-6H3,(H2,22,23,24);1H. The highest BCUT2D eigenvalue weighted by molar-refractivity contribution is 14.0. The highest BCUT2D eigenvalue weighted by atomic mass is 127. The number of aryl methyl sites for hydroxylation is 2. The van der Waals surface area contributed by atoms with Crippen molar-refractivity contribution in [1.29, 1.82) is 0 Å². The van der Waals surface area contributed by atoms with Crippen molar-refractivity contribution in [3.8, 4) is 5.75 Å².